The van der Waals surface area contributed by atoms with Crippen LogP contribution in [0.5, 0.6) is 0 Å². The highest BCUT2D eigenvalue weighted by Gasteiger charge is 2.32. The number of aryl methyl sites for hydroxylation is 2. The van der Waals surface area contributed by atoms with Crippen LogP contribution in [0.2, 0.25) is 0 Å². The zero-order valence-electron chi connectivity index (χ0n) is 17.1. The maximum Gasteiger partial charge on any atom is 0.264 e. The Kier molecular flexibility index (Phi) is 5.69. The van der Waals surface area contributed by atoms with Gasteiger partial charge in [0.05, 0.1) is 14.8 Å². The van der Waals surface area contributed by atoms with Crippen molar-refractivity contribution < 1.29 is 18.0 Å². The van der Waals surface area contributed by atoms with Crippen LogP contribution in [0.25, 0.3) is 0 Å². The molecule has 4 rings (SSSR count). The number of benzene rings is 1. The summed E-state index contributed by atoms with van der Waals surface area (Å²) in [6, 6.07) is 8.62. The highest BCUT2D eigenvalue weighted by atomic mass is 32.2. The lowest BCUT2D eigenvalue weighted by atomic mass is 10.1. The van der Waals surface area contributed by atoms with Crippen LogP contribution < -0.4 is 5.32 Å². The number of nitrogens with one attached hydrogen (secondary N) is 1. The van der Waals surface area contributed by atoms with Crippen LogP contribution in [0.3, 0.4) is 0 Å². The first-order valence-electron chi connectivity index (χ1n) is 10.0. The summed E-state index contributed by atoms with van der Waals surface area (Å²) >= 11 is 1.26. The average Bonchev–Trinajstić information content (AvgIpc) is 3.49. The minimum atomic E-state index is -3.58. The van der Waals surface area contributed by atoms with E-state index < -0.39 is 10.0 Å². The van der Waals surface area contributed by atoms with Crippen LogP contribution in [0.4, 0.5) is 5.00 Å². The maximum atomic E-state index is 12.9. The average molecular weight is 448 g/mol. The molecule has 30 heavy (non-hydrogen) atoms. The van der Waals surface area contributed by atoms with E-state index in [-0.39, 0.29) is 30.8 Å². The zero-order valence-corrected chi connectivity index (χ0v) is 18.7. The Hall–Kier alpha value is -2.23. The predicted molar refractivity (Wildman–Crippen MR) is 116 cm³/mol. The first-order chi connectivity index (χ1) is 14.3. The Morgan fingerprint density at radius 1 is 1.00 bits per heavy atom. The number of carbonyl (C=O) groups is 2. The monoisotopic (exact) mass is 447 g/mol. The number of rotatable bonds is 5. The highest BCUT2D eigenvalue weighted by Crippen LogP contribution is 2.32. The summed E-state index contributed by atoms with van der Waals surface area (Å²) in [7, 11) is -3.58. The van der Waals surface area contributed by atoms with E-state index in [4.69, 9.17) is 0 Å². The molecule has 9 heteroatoms. The molecule has 1 aromatic heterocycles. The molecule has 2 aliphatic rings. The fraction of sp³-hybridized carbons (Fsp3) is 0.429. The number of piperazine rings is 1. The van der Waals surface area contributed by atoms with E-state index in [1.165, 1.54) is 15.6 Å². The van der Waals surface area contributed by atoms with Gasteiger partial charge in [-0.1, -0.05) is 6.07 Å². The van der Waals surface area contributed by atoms with Gasteiger partial charge in [-0.3, -0.25) is 9.59 Å². The molecule has 1 N–H and O–H groups in total. The first-order valence-corrected chi connectivity index (χ1v) is 12.3. The number of amides is 2. The molecule has 1 saturated heterocycles. The van der Waals surface area contributed by atoms with Gasteiger partial charge < -0.3 is 10.2 Å². The SMILES string of the molecule is Cc1ccc(S(=O)(=O)N2CCN(C(=O)c3ccc(NC(=O)C4CC4)s3)CC2)cc1C. The van der Waals surface area contributed by atoms with Gasteiger partial charge in [-0.15, -0.1) is 11.3 Å². The molecule has 2 fully saturated rings. The van der Waals surface area contributed by atoms with Gasteiger partial charge in [0.2, 0.25) is 15.9 Å². The second-order valence-electron chi connectivity index (χ2n) is 7.87. The topological polar surface area (TPSA) is 86.8 Å². The molecule has 1 aliphatic heterocycles. The molecule has 1 aliphatic carbocycles. The maximum absolute atomic E-state index is 12.9. The van der Waals surface area contributed by atoms with Crippen LogP contribution in [0.15, 0.2) is 35.2 Å². The van der Waals surface area contributed by atoms with E-state index in [9.17, 15) is 18.0 Å². The van der Waals surface area contributed by atoms with Crippen molar-refractivity contribution >= 4 is 38.2 Å². The van der Waals surface area contributed by atoms with Gasteiger partial charge in [0.1, 0.15) is 0 Å². The van der Waals surface area contributed by atoms with Gasteiger partial charge in [0, 0.05) is 32.1 Å². The molecular formula is C21H25N3O4S2. The van der Waals surface area contributed by atoms with Gasteiger partial charge in [0.25, 0.3) is 5.91 Å². The molecule has 1 aromatic carbocycles. The summed E-state index contributed by atoms with van der Waals surface area (Å²) in [6.07, 6.45) is 1.86. The minimum Gasteiger partial charge on any atom is -0.335 e. The van der Waals surface area contributed by atoms with Crippen molar-refractivity contribution in [3.63, 3.8) is 0 Å². The van der Waals surface area contributed by atoms with Crippen LogP contribution in [0, 0.1) is 19.8 Å². The van der Waals surface area contributed by atoms with Crippen molar-refractivity contribution in [2.24, 2.45) is 5.92 Å². The van der Waals surface area contributed by atoms with Crippen LogP contribution in [0.1, 0.15) is 33.6 Å². The molecule has 7 nitrogen and oxygen atoms in total. The van der Waals surface area contributed by atoms with Crippen molar-refractivity contribution in [2.45, 2.75) is 31.6 Å². The third kappa shape index (κ3) is 4.28. The third-order valence-electron chi connectivity index (χ3n) is 5.65. The van der Waals surface area contributed by atoms with Crippen molar-refractivity contribution in [3.05, 3.63) is 46.3 Å². The summed E-state index contributed by atoms with van der Waals surface area (Å²) in [4.78, 5) is 27.2. The number of hydrogen-bond donors (Lipinski definition) is 1. The van der Waals surface area contributed by atoms with E-state index in [0.29, 0.717) is 27.9 Å². The Bertz CT molecular complexity index is 1080. The third-order valence-corrected chi connectivity index (χ3v) is 8.54. The molecule has 160 valence electrons. The van der Waals surface area contributed by atoms with Gasteiger partial charge in [0.15, 0.2) is 0 Å². The summed E-state index contributed by atoms with van der Waals surface area (Å²) in [5.41, 5.74) is 1.99. The second-order valence-corrected chi connectivity index (χ2v) is 10.9. The molecular weight excluding hydrogens is 422 g/mol. The number of carbonyl (C=O) groups excluding carboxylic acids is 2. The molecule has 1 saturated carbocycles. The Morgan fingerprint density at radius 3 is 2.33 bits per heavy atom. The summed E-state index contributed by atoms with van der Waals surface area (Å²) < 4.78 is 27.3. The molecule has 0 radical (unpaired) electrons. The summed E-state index contributed by atoms with van der Waals surface area (Å²) in [6.45, 7) is 5.04. The number of anilines is 1. The van der Waals surface area contributed by atoms with Gasteiger partial charge in [-0.2, -0.15) is 4.31 Å². The van der Waals surface area contributed by atoms with E-state index in [2.05, 4.69) is 5.32 Å². The quantitative estimate of drug-likeness (QED) is 0.764. The largest absolute Gasteiger partial charge is 0.335 e. The van der Waals surface area contributed by atoms with Gasteiger partial charge in [-0.05, 0) is 62.1 Å². The number of thiophene rings is 1. The lowest BCUT2D eigenvalue weighted by Crippen LogP contribution is -2.50. The zero-order chi connectivity index (χ0) is 21.5. The molecule has 0 unspecified atom stereocenters. The molecule has 2 heterocycles. The molecule has 2 amide bonds. The van der Waals surface area contributed by atoms with E-state index in [1.54, 1.807) is 29.2 Å². The van der Waals surface area contributed by atoms with Crippen LogP contribution in [-0.4, -0.2) is 55.6 Å². The minimum absolute atomic E-state index is 0.0148. The summed E-state index contributed by atoms with van der Waals surface area (Å²) in [5, 5.41) is 3.53. The van der Waals surface area contributed by atoms with Crippen LogP contribution in [-0.2, 0) is 14.8 Å². The van der Waals surface area contributed by atoms with E-state index >= 15 is 0 Å². The fourth-order valence-corrected chi connectivity index (χ4v) is 5.78. The summed E-state index contributed by atoms with van der Waals surface area (Å²) in [5.74, 6) is -0.00486. The lowest BCUT2D eigenvalue weighted by molar-refractivity contribution is -0.117. The lowest BCUT2D eigenvalue weighted by Gasteiger charge is -2.33. The number of sulfonamides is 1. The van der Waals surface area contributed by atoms with Gasteiger partial charge >= 0.3 is 0 Å². The molecule has 0 spiro atoms. The molecule has 0 atom stereocenters. The van der Waals surface area contributed by atoms with Gasteiger partial charge in [-0.25, -0.2) is 8.42 Å². The molecule has 0 bridgehead atoms. The van der Waals surface area contributed by atoms with Crippen molar-refractivity contribution in [1.82, 2.24) is 9.21 Å². The normalized spacial score (nSPS) is 17.7. The highest BCUT2D eigenvalue weighted by molar-refractivity contribution is 7.89. The second kappa shape index (κ2) is 8.13. The molecule has 2 aromatic rings. The Balaban J connectivity index is 1.38. The van der Waals surface area contributed by atoms with Crippen molar-refractivity contribution in [3.8, 4) is 0 Å². The Labute approximate surface area is 180 Å². The van der Waals surface area contributed by atoms with Crippen molar-refractivity contribution in [2.75, 3.05) is 31.5 Å². The van der Waals surface area contributed by atoms with E-state index in [0.717, 1.165) is 24.0 Å². The van der Waals surface area contributed by atoms with Crippen molar-refractivity contribution in [1.29, 1.82) is 0 Å². The smallest absolute Gasteiger partial charge is 0.264 e. The standard InChI is InChI=1S/C21H25N3O4S2/c1-14-3-6-17(13-15(14)2)30(27,28)24-11-9-23(10-12-24)21(26)18-7-8-19(29-18)22-20(25)16-4-5-16/h3,6-8,13,16H,4-5,9-12H2,1-2H3,(H,22,25). The predicted octanol–water partition coefficient (Wildman–Crippen LogP) is 2.86. The number of hydrogen-bond acceptors (Lipinski definition) is 5. The fourth-order valence-electron chi connectivity index (χ4n) is 3.40. The Morgan fingerprint density at radius 2 is 1.70 bits per heavy atom. The number of nitrogens with zero attached hydrogens (tertiary/aromatic N) is 2. The van der Waals surface area contributed by atoms with E-state index in [1.807, 2.05) is 19.9 Å². The first kappa shape index (κ1) is 21.0. The van der Waals surface area contributed by atoms with Crippen LogP contribution >= 0.6 is 11.3 Å².